The molecule has 2 aliphatic heterocycles. The molecule has 2 saturated heterocycles. The summed E-state index contributed by atoms with van der Waals surface area (Å²) in [6.07, 6.45) is 2.04. The molecule has 0 radical (unpaired) electrons. The highest BCUT2D eigenvalue weighted by Gasteiger charge is 2.48. The van der Waals surface area contributed by atoms with Gasteiger partial charge in [0.15, 0.2) is 6.10 Å². The predicted molar refractivity (Wildman–Crippen MR) is 70.0 cm³/mol. The lowest BCUT2D eigenvalue weighted by Gasteiger charge is -2.16. The van der Waals surface area contributed by atoms with E-state index in [1.807, 2.05) is 0 Å². The molecular weight excluding hydrogens is 264 g/mol. The van der Waals surface area contributed by atoms with Crippen molar-refractivity contribution in [3.8, 4) is 0 Å². The number of rotatable bonds is 4. The van der Waals surface area contributed by atoms with Crippen molar-refractivity contribution in [1.82, 2.24) is 0 Å². The predicted octanol–water partition coefficient (Wildman–Crippen LogP) is 0.631. The highest BCUT2D eigenvalue weighted by atomic mass is 16.6. The molecule has 0 aliphatic carbocycles. The topological polar surface area (TPSA) is 85.2 Å². The Morgan fingerprint density at radius 3 is 2.65 bits per heavy atom. The maximum absolute atomic E-state index is 12.0. The average Bonchev–Trinajstić information content (AvgIpc) is 2.95. The van der Waals surface area contributed by atoms with Crippen molar-refractivity contribution < 1.29 is 29.2 Å². The van der Waals surface area contributed by atoms with Gasteiger partial charge in [-0.25, -0.2) is 4.79 Å². The Hall–Kier alpha value is -1.63. The Labute approximate surface area is 116 Å². The quantitative estimate of drug-likeness (QED) is 0.340. The van der Waals surface area contributed by atoms with Gasteiger partial charge in [0.25, 0.3) is 0 Å². The molecule has 0 aromatic carbocycles. The highest BCUT2D eigenvalue weighted by Crippen LogP contribution is 2.29. The van der Waals surface area contributed by atoms with Crippen LogP contribution >= 0.6 is 0 Å². The van der Waals surface area contributed by atoms with Gasteiger partial charge in [-0.1, -0.05) is 12.7 Å². The second-order valence-corrected chi connectivity index (χ2v) is 4.74. The number of fused-ring (bicyclic) bond motifs is 1. The number of aliphatic hydroxyl groups is 2. The molecule has 2 rings (SSSR count). The van der Waals surface area contributed by atoms with Gasteiger partial charge in [0.05, 0.1) is 24.5 Å². The van der Waals surface area contributed by atoms with Gasteiger partial charge in [-0.3, -0.25) is 0 Å². The maximum Gasteiger partial charge on any atom is 0.338 e. The fourth-order valence-electron chi connectivity index (χ4n) is 2.18. The van der Waals surface area contributed by atoms with Gasteiger partial charge in [0, 0.05) is 0 Å². The Morgan fingerprint density at radius 1 is 1.30 bits per heavy atom. The Kier molecular flexibility index (Phi) is 4.59. The van der Waals surface area contributed by atoms with Crippen LogP contribution in [0, 0.1) is 0 Å². The number of ether oxygens (including phenoxy) is 3. The van der Waals surface area contributed by atoms with E-state index in [0.29, 0.717) is 0 Å². The van der Waals surface area contributed by atoms with E-state index in [1.165, 1.54) is 25.2 Å². The molecule has 0 aromatic heterocycles. The molecule has 2 N–H and O–H groups in total. The van der Waals surface area contributed by atoms with Crippen LogP contribution in [0.15, 0.2) is 36.1 Å². The first-order valence-electron chi connectivity index (χ1n) is 6.35. The minimum atomic E-state index is -0.682. The fourth-order valence-corrected chi connectivity index (χ4v) is 2.18. The highest BCUT2D eigenvalue weighted by molar-refractivity contribution is 5.91. The summed E-state index contributed by atoms with van der Waals surface area (Å²) >= 11 is 0. The van der Waals surface area contributed by atoms with Crippen LogP contribution in [0.25, 0.3) is 0 Å². The first-order valence-corrected chi connectivity index (χ1v) is 6.35. The maximum atomic E-state index is 12.0. The molecule has 2 fully saturated rings. The van der Waals surface area contributed by atoms with Crippen LogP contribution in [0.3, 0.4) is 0 Å². The van der Waals surface area contributed by atoms with Crippen molar-refractivity contribution in [2.75, 3.05) is 13.2 Å². The van der Waals surface area contributed by atoms with Crippen molar-refractivity contribution in [2.45, 2.75) is 31.3 Å². The van der Waals surface area contributed by atoms with Crippen molar-refractivity contribution in [3.05, 3.63) is 36.1 Å². The van der Waals surface area contributed by atoms with Crippen LogP contribution in [-0.4, -0.2) is 53.8 Å². The van der Waals surface area contributed by atoms with E-state index in [1.54, 1.807) is 0 Å². The number of esters is 1. The Morgan fingerprint density at radius 2 is 2.00 bits per heavy atom. The molecule has 6 heteroatoms. The van der Waals surface area contributed by atoms with E-state index < -0.39 is 30.4 Å². The third kappa shape index (κ3) is 3.09. The summed E-state index contributed by atoms with van der Waals surface area (Å²) in [6.45, 7) is 5.39. The van der Waals surface area contributed by atoms with Crippen LogP contribution in [0.4, 0.5) is 0 Å². The zero-order valence-corrected chi connectivity index (χ0v) is 11.2. The van der Waals surface area contributed by atoms with Gasteiger partial charge in [-0.05, 0) is 19.1 Å². The molecule has 0 spiro atoms. The molecule has 0 aromatic rings. The molecule has 6 nitrogen and oxygen atoms in total. The van der Waals surface area contributed by atoms with Crippen molar-refractivity contribution in [2.24, 2.45) is 0 Å². The zero-order chi connectivity index (χ0) is 14.7. The van der Waals surface area contributed by atoms with E-state index in [2.05, 4.69) is 6.58 Å². The standard InChI is InChI=1S/C14H18O6/c1-3-9(5-4-8(2)15)14(17)20-11-7-19-12-10(16)6-18-13(11)12/h3-5,10-13,15-16H,1,6-7H2,2H3/b8-4+,9-5+/t10-,11?,12+,13+/m0/s1. The van der Waals surface area contributed by atoms with Gasteiger partial charge < -0.3 is 24.4 Å². The molecule has 2 aliphatic rings. The summed E-state index contributed by atoms with van der Waals surface area (Å²) in [6, 6.07) is 0. The molecule has 0 saturated carbocycles. The van der Waals surface area contributed by atoms with Gasteiger partial charge >= 0.3 is 5.97 Å². The van der Waals surface area contributed by atoms with E-state index >= 15 is 0 Å². The monoisotopic (exact) mass is 282 g/mol. The molecule has 4 atom stereocenters. The van der Waals surface area contributed by atoms with Gasteiger partial charge in [-0.2, -0.15) is 0 Å². The Bertz CT molecular complexity index is 449. The molecule has 110 valence electrons. The number of carbonyl (C=O) groups is 1. The van der Waals surface area contributed by atoms with Gasteiger partial charge in [-0.15, -0.1) is 0 Å². The van der Waals surface area contributed by atoms with Crippen LogP contribution in [-0.2, 0) is 19.0 Å². The second-order valence-electron chi connectivity index (χ2n) is 4.74. The van der Waals surface area contributed by atoms with E-state index in [9.17, 15) is 9.90 Å². The third-order valence-corrected chi connectivity index (χ3v) is 3.20. The van der Waals surface area contributed by atoms with Crippen molar-refractivity contribution >= 4 is 5.97 Å². The summed E-state index contributed by atoms with van der Waals surface area (Å²) < 4.78 is 16.0. The number of aliphatic hydroxyl groups excluding tert-OH is 2. The second kappa shape index (κ2) is 6.21. The van der Waals surface area contributed by atoms with E-state index in [0.717, 1.165) is 0 Å². The first kappa shape index (κ1) is 14.8. The molecule has 0 amide bonds. The van der Waals surface area contributed by atoms with Crippen LogP contribution in [0.5, 0.6) is 0 Å². The minimum absolute atomic E-state index is 0.0728. The first-order chi connectivity index (χ1) is 9.52. The van der Waals surface area contributed by atoms with E-state index in [-0.39, 0.29) is 24.5 Å². The summed E-state index contributed by atoms with van der Waals surface area (Å²) in [5.41, 5.74) is 0.223. The lowest BCUT2D eigenvalue weighted by Crippen LogP contribution is -2.34. The summed E-state index contributed by atoms with van der Waals surface area (Å²) in [5.74, 6) is -0.500. The van der Waals surface area contributed by atoms with Crippen molar-refractivity contribution in [3.63, 3.8) is 0 Å². The molecular formula is C14H18O6. The van der Waals surface area contributed by atoms with Gasteiger partial charge in [0.2, 0.25) is 0 Å². The Balaban J connectivity index is 1.99. The minimum Gasteiger partial charge on any atom is -0.513 e. The van der Waals surface area contributed by atoms with Crippen molar-refractivity contribution in [1.29, 1.82) is 0 Å². The fraction of sp³-hybridized carbons (Fsp3) is 0.500. The molecule has 2 heterocycles. The zero-order valence-electron chi connectivity index (χ0n) is 11.2. The van der Waals surface area contributed by atoms with E-state index in [4.69, 9.17) is 19.3 Å². The summed E-state index contributed by atoms with van der Waals surface area (Å²) in [7, 11) is 0. The van der Waals surface area contributed by atoms with Crippen LogP contribution < -0.4 is 0 Å². The lowest BCUT2D eigenvalue weighted by atomic mass is 10.1. The SMILES string of the molecule is C=C/C(=C\C=C(/C)O)C(=O)OC1CO[C@H]2[C@@H]1OC[C@@H]2O. The number of hydrogen-bond acceptors (Lipinski definition) is 6. The molecule has 20 heavy (non-hydrogen) atoms. The summed E-state index contributed by atoms with van der Waals surface area (Å²) in [5, 5.41) is 18.7. The van der Waals surface area contributed by atoms with Gasteiger partial charge in [0.1, 0.15) is 18.3 Å². The smallest absolute Gasteiger partial charge is 0.338 e. The number of allylic oxidation sites excluding steroid dienone is 3. The van der Waals surface area contributed by atoms with Crippen LogP contribution in [0.2, 0.25) is 0 Å². The average molecular weight is 282 g/mol. The molecule has 0 bridgehead atoms. The van der Waals surface area contributed by atoms with Crippen LogP contribution in [0.1, 0.15) is 6.92 Å². The largest absolute Gasteiger partial charge is 0.513 e. The third-order valence-electron chi connectivity index (χ3n) is 3.20. The summed E-state index contributed by atoms with van der Waals surface area (Å²) in [4.78, 5) is 12.0. The normalized spacial score (nSPS) is 33.9. The molecule has 1 unspecified atom stereocenters. The number of carbonyl (C=O) groups excluding carboxylic acids is 1. The number of hydrogen-bond donors (Lipinski definition) is 2. The lowest BCUT2D eigenvalue weighted by molar-refractivity contribution is -0.148.